The summed E-state index contributed by atoms with van der Waals surface area (Å²) in [6.07, 6.45) is 4.03. The van der Waals surface area contributed by atoms with Gasteiger partial charge in [-0.05, 0) is 61.6 Å². The number of rotatable bonds is 6. The Hall–Kier alpha value is -3.15. The van der Waals surface area contributed by atoms with Crippen LogP contribution in [-0.2, 0) is 11.2 Å². The molecule has 2 aromatic carbocycles. The Bertz CT molecular complexity index is 855. The number of amides is 2. The van der Waals surface area contributed by atoms with Crippen LogP contribution in [0.15, 0.2) is 48.5 Å². The first-order valence-electron chi connectivity index (χ1n) is 9.54. The van der Waals surface area contributed by atoms with E-state index in [-0.39, 0.29) is 23.8 Å². The summed E-state index contributed by atoms with van der Waals surface area (Å²) in [6, 6.07) is 13.5. The van der Waals surface area contributed by atoms with Crippen LogP contribution in [0.4, 0.5) is 5.69 Å². The normalized spacial score (nSPS) is 13.8. The fourth-order valence-electron chi connectivity index (χ4n) is 3.30. The summed E-state index contributed by atoms with van der Waals surface area (Å²) in [6.45, 7) is 1.58. The standard InChI is InChI=1S/C22H24N2O4/c25-20(12-9-16-7-10-17(11-8-16)22(27)28)23-19-6-4-5-18(15-19)21(26)24-13-2-1-3-14-24/h4-8,10-11,15H,1-3,9,12-14H2,(H,23,25)(H,27,28). The number of benzene rings is 2. The van der Waals surface area contributed by atoms with Crippen molar-refractivity contribution in [1.29, 1.82) is 0 Å². The maximum atomic E-state index is 12.6. The van der Waals surface area contributed by atoms with Gasteiger partial charge in [-0.1, -0.05) is 18.2 Å². The van der Waals surface area contributed by atoms with Crippen molar-refractivity contribution >= 4 is 23.5 Å². The SMILES string of the molecule is O=C(CCc1ccc(C(=O)O)cc1)Nc1cccc(C(=O)N2CCCCC2)c1. The van der Waals surface area contributed by atoms with Crippen LogP contribution < -0.4 is 5.32 Å². The smallest absolute Gasteiger partial charge is 0.335 e. The number of aryl methyl sites for hydroxylation is 1. The molecule has 1 saturated heterocycles. The third-order valence-corrected chi connectivity index (χ3v) is 4.88. The predicted molar refractivity (Wildman–Crippen MR) is 107 cm³/mol. The highest BCUT2D eigenvalue weighted by atomic mass is 16.4. The second-order valence-corrected chi connectivity index (χ2v) is 6.98. The summed E-state index contributed by atoms with van der Waals surface area (Å²) in [4.78, 5) is 37.6. The summed E-state index contributed by atoms with van der Waals surface area (Å²) in [5.41, 5.74) is 2.32. The summed E-state index contributed by atoms with van der Waals surface area (Å²) in [5.74, 6) is -1.11. The Morgan fingerprint density at radius 1 is 0.929 bits per heavy atom. The molecule has 2 aromatic rings. The molecule has 1 aliphatic heterocycles. The number of hydrogen-bond donors (Lipinski definition) is 2. The number of carboxylic acid groups (broad SMARTS) is 1. The molecule has 2 N–H and O–H groups in total. The number of nitrogens with zero attached hydrogens (tertiary/aromatic N) is 1. The van der Waals surface area contributed by atoms with E-state index in [0.29, 0.717) is 17.7 Å². The van der Waals surface area contributed by atoms with Crippen molar-refractivity contribution in [3.8, 4) is 0 Å². The number of carbonyl (C=O) groups is 3. The number of anilines is 1. The quantitative estimate of drug-likeness (QED) is 0.802. The minimum atomic E-state index is -0.969. The van der Waals surface area contributed by atoms with Crippen LogP contribution in [0.25, 0.3) is 0 Å². The number of aromatic carboxylic acids is 1. The average Bonchev–Trinajstić information content (AvgIpc) is 2.73. The monoisotopic (exact) mass is 380 g/mol. The van der Waals surface area contributed by atoms with Crippen molar-refractivity contribution in [2.75, 3.05) is 18.4 Å². The largest absolute Gasteiger partial charge is 0.478 e. The average molecular weight is 380 g/mol. The minimum absolute atomic E-state index is 0.00863. The molecule has 0 spiro atoms. The topological polar surface area (TPSA) is 86.7 Å². The summed E-state index contributed by atoms with van der Waals surface area (Å²) < 4.78 is 0. The van der Waals surface area contributed by atoms with Gasteiger partial charge in [0.25, 0.3) is 5.91 Å². The molecule has 1 aliphatic rings. The molecular weight excluding hydrogens is 356 g/mol. The van der Waals surface area contributed by atoms with Crippen molar-refractivity contribution in [2.24, 2.45) is 0 Å². The van der Waals surface area contributed by atoms with E-state index in [4.69, 9.17) is 5.11 Å². The first-order valence-corrected chi connectivity index (χ1v) is 9.54. The Kier molecular flexibility index (Phi) is 6.42. The fraction of sp³-hybridized carbons (Fsp3) is 0.318. The van der Waals surface area contributed by atoms with Crippen LogP contribution in [0, 0.1) is 0 Å². The Balaban J connectivity index is 1.55. The van der Waals surface area contributed by atoms with Crippen LogP contribution in [0.2, 0.25) is 0 Å². The van der Waals surface area contributed by atoms with Crippen molar-refractivity contribution in [1.82, 2.24) is 4.90 Å². The van der Waals surface area contributed by atoms with E-state index in [9.17, 15) is 14.4 Å². The van der Waals surface area contributed by atoms with E-state index in [0.717, 1.165) is 31.5 Å². The lowest BCUT2D eigenvalue weighted by Gasteiger charge is -2.26. The van der Waals surface area contributed by atoms with Crippen LogP contribution in [0.5, 0.6) is 0 Å². The molecular formula is C22H24N2O4. The van der Waals surface area contributed by atoms with E-state index in [1.807, 2.05) is 4.90 Å². The number of nitrogens with one attached hydrogen (secondary N) is 1. The fourth-order valence-corrected chi connectivity index (χ4v) is 3.30. The number of carbonyl (C=O) groups excluding carboxylic acids is 2. The second-order valence-electron chi connectivity index (χ2n) is 6.98. The van der Waals surface area contributed by atoms with E-state index in [2.05, 4.69) is 5.32 Å². The van der Waals surface area contributed by atoms with Gasteiger partial charge in [0.1, 0.15) is 0 Å². The Labute approximate surface area is 164 Å². The number of hydrogen-bond acceptors (Lipinski definition) is 3. The van der Waals surface area contributed by atoms with Crippen LogP contribution in [0.1, 0.15) is 52.0 Å². The van der Waals surface area contributed by atoms with Crippen LogP contribution in [0.3, 0.4) is 0 Å². The molecule has 0 bridgehead atoms. The zero-order valence-corrected chi connectivity index (χ0v) is 15.7. The van der Waals surface area contributed by atoms with Gasteiger partial charge in [-0.2, -0.15) is 0 Å². The molecule has 1 heterocycles. The summed E-state index contributed by atoms with van der Waals surface area (Å²) in [7, 11) is 0. The lowest BCUT2D eigenvalue weighted by Crippen LogP contribution is -2.35. The zero-order valence-electron chi connectivity index (χ0n) is 15.7. The highest BCUT2D eigenvalue weighted by Gasteiger charge is 2.18. The van der Waals surface area contributed by atoms with Gasteiger partial charge in [0, 0.05) is 30.8 Å². The van der Waals surface area contributed by atoms with E-state index in [1.54, 1.807) is 36.4 Å². The van der Waals surface area contributed by atoms with Gasteiger partial charge in [-0.25, -0.2) is 4.79 Å². The first kappa shape index (κ1) is 19.6. The van der Waals surface area contributed by atoms with E-state index >= 15 is 0 Å². The number of likely N-dealkylation sites (tertiary alicyclic amines) is 1. The van der Waals surface area contributed by atoms with Crippen molar-refractivity contribution in [3.05, 3.63) is 65.2 Å². The second kappa shape index (κ2) is 9.17. The molecule has 146 valence electrons. The molecule has 3 rings (SSSR count). The zero-order chi connectivity index (χ0) is 19.9. The van der Waals surface area contributed by atoms with Gasteiger partial charge >= 0.3 is 5.97 Å². The van der Waals surface area contributed by atoms with Gasteiger partial charge in [-0.15, -0.1) is 0 Å². The molecule has 1 fully saturated rings. The van der Waals surface area contributed by atoms with Crippen molar-refractivity contribution < 1.29 is 19.5 Å². The van der Waals surface area contributed by atoms with Gasteiger partial charge in [0.15, 0.2) is 0 Å². The highest BCUT2D eigenvalue weighted by Crippen LogP contribution is 2.17. The minimum Gasteiger partial charge on any atom is -0.478 e. The maximum Gasteiger partial charge on any atom is 0.335 e. The van der Waals surface area contributed by atoms with Crippen molar-refractivity contribution in [2.45, 2.75) is 32.1 Å². The van der Waals surface area contributed by atoms with E-state index in [1.165, 1.54) is 18.6 Å². The lowest BCUT2D eigenvalue weighted by atomic mass is 10.1. The first-order chi connectivity index (χ1) is 13.5. The molecule has 2 amide bonds. The number of carboxylic acids is 1. The molecule has 0 atom stereocenters. The lowest BCUT2D eigenvalue weighted by molar-refractivity contribution is -0.116. The maximum absolute atomic E-state index is 12.6. The molecule has 6 heteroatoms. The predicted octanol–water partition coefficient (Wildman–Crippen LogP) is 3.58. The Morgan fingerprint density at radius 3 is 2.32 bits per heavy atom. The molecule has 0 radical (unpaired) electrons. The molecule has 28 heavy (non-hydrogen) atoms. The summed E-state index contributed by atoms with van der Waals surface area (Å²) in [5, 5.41) is 11.7. The summed E-state index contributed by atoms with van der Waals surface area (Å²) >= 11 is 0. The Morgan fingerprint density at radius 2 is 1.64 bits per heavy atom. The van der Waals surface area contributed by atoms with Crippen LogP contribution in [-0.4, -0.2) is 40.9 Å². The molecule has 0 aromatic heterocycles. The highest BCUT2D eigenvalue weighted by molar-refractivity contribution is 5.97. The van der Waals surface area contributed by atoms with Crippen LogP contribution >= 0.6 is 0 Å². The molecule has 0 unspecified atom stereocenters. The third kappa shape index (κ3) is 5.19. The van der Waals surface area contributed by atoms with Crippen molar-refractivity contribution in [3.63, 3.8) is 0 Å². The van der Waals surface area contributed by atoms with Gasteiger partial charge < -0.3 is 15.3 Å². The number of piperidine rings is 1. The molecule has 6 nitrogen and oxygen atoms in total. The van der Waals surface area contributed by atoms with E-state index < -0.39 is 5.97 Å². The third-order valence-electron chi connectivity index (χ3n) is 4.88. The van der Waals surface area contributed by atoms with Gasteiger partial charge in [-0.3, -0.25) is 9.59 Å². The van der Waals surface area contributed by atoms with Gasteiger partial charge in [0.2, 0.25) is 5.91 Å². The molecule has 0 aliphatic carbocycles. The van der Waals surface area contributed by atoms with Gasteiger partial charge in [0.05, 0.1) is 5.56 Å². The molecule has 0 saturated carbocycles.